The SMILES string of the molecule is CC/C(=C\c1ccc(Oc2c(-c3ccccc3C(C)C)sc3cc(O)ccc23)cc1)C(=O)N=O. The first kappa shape index (κ1) is 23.4. The first-order chi connectivity index (χ1) is 16.4. The molecule has 0 fully saturated rings. The number of phenols is 1. The van der Waals surface area contributed by atoms with Crippen LogP contribution in [-0.2, 0) is 4.79 Å². The van der Waals surface area contributed by atoms with Gasteiger partial charge in [0, 0.05) is 20.8 Å². The van der Waals surface area contributed by atoms with Crippen molar-refractivity contribution in [2.45, 2.75) is 33.1 Å². The van der Waals surface area contributed by atoms with Crippen LogP contribution >= 0.6 is 11.3 Å². The summed E-state index contributed by atoms with van der Waals surface area (Å²) in [7, 11) is 0. The molecule has 0 unspecified atom stereocenters. The quantitative estimate of drug-likeness (QED) is 0.217. The topological polar surface area (TPSA) is 76.0 Å². The molecule has 0 saturated carbocycles. The summed E-state index contributed by atoms with van der Waals surface area (Å²) in [5, 5.41) is 13.5. The molecule has 172 valence electrons. The minimum absolute atomic E-state index is 0.214. The summed E-state index contributed by atoms with van der Waals surface area (Å²) in [5.41, 5.74) is 3.48. The van der Waals surface area contributed by atoms with E-state index in [4.69, 9.17) is 4.74 Å². The van der Waals surface area contributed by atoms with E-state index in [1.807, 2.05) is 49.4 Å². The van der Waals surface area contributed by atoms with Crippen LogP contribution in [0.15, 0.2) is 77.5 Å². The van der Waals surface area contributed by atoms with Gasteiger partial charge in [-0.3, -0.25) is 4.79 Å². The molecule has 34 heavy (non-hydrogen) atoms. The summed E-state index contributed by atoms with van der Waals surface area (Å²) in [5.74, 6) is 1.19. The molecule has 0 bridgehead atoms. The van der Waals surface area contributed by atoms with Gasteiger partial charge in [0.25, 0.3) is 0 Å². The highest BCUT2D eigenvalue weighted by molar-refractivity contribution is 7.22. The molecule has 0 aliphatic heterocycles. The number of rotatable bonds is 7. The monoisotopic (exact) mass is 471 g/mol. The molecule has 5 nitrogen and oxygen atoms in total. The highest BCUT2D eigenvalue weighted by Gasteiger charge is 2.20. The van der Waals surface area contributed by atoms with Crippen LogP contribution in [0, 0.1) is 4.91 Å². The fourth-order valence-corrected chi connectivity index (χ4v) is 5.08. The van der Waals surface area contributed by atoms with Crippen LogP contribution in [0.3, 0.4) is 0 Å². The average molecular weight is 472 g/mol. The standard InChI is InChI=1S/C28H25NO4S/c1-4-19(28(31)29-32)15-18-9-12-21(13-10-18)33-26-24-14-11-20(30)16-25(24)34-27(26)23-8-6-5-7-22(23)17(2)3/h5-17,30H,4H2,1-3H3/b19-15+. The lowest BCUT2D eigenvalue weighted by atomic mass is 9.96. The van der Waals surface area contributed by atoms with Gasteiger partial charge in [-0.05, 0) is 65.4 Å². The van der Waals surface area contributed by atoms with Gasteiger partial charge in [-0.25, -0.2) is 0 Å². The number of nitroso groups, excluding NO2 is 1. The minimum Gasteiger partial charge on any atom is -0.508 e. The smallest absolute Gasteiger partial charge is 0.312 e. The summed E-state index contributed by atoms with van der Waals surface area (Å²) in [6, 6.07) is 20.9. The number of ether oxygens (including phenoxy) is 1. The fraction of sp³-hybridized carbons (Fsp3) is 0.179. The van der Waals surface area contributed by atoms with E-state index in [9.17, 15) is 14.8 Å². The first-order valence-electron chi connectivity index (χ1n) is 11.1. The number of benzene rings is 3. The third-order valence-corrected chi connectivity index (χ3v) is 6.80. The Labute approximate surface area is 202 Å². The van der Waals surface area contributed by atoms with Crippen LogP contribution in [0.4, 0.5) is 0 Å². The lowest BCUT2D eigenvalue weighted by Gasteiger charge is -2.14. The summed E-state index contributed by atoms with van der Waals surface area (Å²) in [4.78, 5) is 23.2. The number of phenolic OH excluding ortho intramolecular Hbond substituents is 1. The van der Waals surface area contributed by atoms with E-state index in [1.54, 1.807) is 29.5 Å². The number of hydrogen-bond donors (Lipinski definition) is 1. The molecule has 0 saturated heterocycles. The van der Waals surface area contributed by atoms with Crippen molar-refractivity contribution in [3.8, 4) is 27.7 Å². The molecule has 4 aromatic rings. The molecule has 4 rings (SSSR count). The predicted octanol–water partition coefficient (Wildman–Crippen LogP) is 8.28. The molecular formula is C28H25NO4S. The van der Waals surface area contributed by atoms with E-state index in [-0.39, 0.29) is 5.75 Å². The van der Waals surface area contributed by atoms with Crippen LogP contribution in [0.1, 0.15) is 44.2 Å². The van der Waals surface area contributed by atoms with Gasteiger partial charge in [0.2, 0.25) is 0 Å². The molecule has 1 aromatic heterocycles. The van der Waals surface area contributed by atoms with Crippen molar-refractivity contribution in [1.29, 1.82) is 0 Å². The maximum absolute atomic E-state index is 11.6. The lowest BCUT2D eigenvalue weighted by Crippen LogP contribution is -1.96. The normalized spacial score (nSPS) is 11.7. The maximum Gasteiger partial charge on any atom is 0.312 e. The summed E-state index contributed by atoms with van der Waals surface area (Å²) >= 11 is 1.59. The summed E-state index contributed by atoms with van der Waals surface area (Å²) in [6.45, 7) is 6.14. The number of thiophene rings is 1. The van der Waals surface area contributed by atoms with Crippen molar-refractivity contribution < 1.29 is 14.6 Å². The highest BCUT2D eigenvalue weighted by atomic mass is 32.1. The molecular weight excluding hydrogens is 446 g/mol. The molecule has 0 atom stereocenters. The zero-order valence-corrected chi connectivity index (χ0v) is 20.1. The van der Waals surface area contributed by atoms with Crippen LogP contribution < -0.4 is 4.74 Å². The molecule has 1 N–H and O–H groups in total. The van der Waals surface area contributed by atoms with Gasteiger partial charge in [-0.15, -0.1) is 16.2 Å². The number of fused-ring (bicyclic) bond motifs is 1. The van der Waals surface area contributed by atoms with Crippen molar-refractivity contribution in [2.24, 2.45) is 5.18 Å². The Balaban J connectivity index is 1.77. The Morgan fingerprint density at radius 2 is 1.82 bits per heavy atom. The van der Waals surface area contributed by atoms with E-state index >= 15 is 0 Å². The number of nitrogens with zero attached hydrogens (tertiary/aromatic N) is 1. The van der Waals surface area contributed by atoms with Gasteiger partial charge >= 0.3 is 5.91 Å². The molecule has 0 spiro atoms. The van der Waals surface area contributed by atoms with E-state index in [1.165, 1.54) is 5.56 Å². The van der Waals surface area contributed by atoms with E-state index in [2.05, 4.69) is 31.2 Å². The number of amides is 1. The predicted molar refractivity (Wildman–Crippen MR) is 139 cm³/mol. The van der Waals surface area contributed by atoms with Crippen LogP contribution in [0.25, 0.3) is 26.6 Å². The van der Waals surface area contributed by atoms with Crippen molar-refractivity contribution in [3.05, 3.63) is 88.3 Å². The third kappa shape index (κ3) is 4.77. The second-order valence-electron chi connectivity index (χ2n) is 8.27. The van der Waals surface area contributed by atoms with E-state index < -0.39 is 5.91 Å². The molecule has 0 aliphatic rings. The van der Waals surface area contributed by atoms with Gasteiger partial charge in [0.05, 0.1) is 4.88 Å². The van der Waals surface area contributed by atoms with Gasteiger partial charge in [-0.2, -0.15) is 0 Å². The van der Waals surface area contributed by atoms with E-state index in [0.717, 1.165) is 31.8 Å². The first-order valence-corrected chi connectivity index (χ1v) is 11.9. The Hall–Kier alpha value is -3.77. The number of carbonyl (C=O) groups excluding carboxylic acids is 1. The Kier molecular flexibility index (Phi) is 6.89. The van der Waals surface area contributed by atoms with Gasteiger partial charge in [0.1, 0.15) is 11.5 Å². The average Bonchev–Trinajstić information content (AvgIpc) is 3.19. The Morgan fingerprint density at radius 3 is 2.50 bits per heavy atom. The maximum atomic E-state index is 11.6. The molecule has 0 radical (unpaired) electrons. The number of hydrogen-bond acceptors (Lipinski definition) is 5. The minimum atomic E-state index is -0.746. The molecule has 6 heteroatoms. The second kappa shape index (κ2) is 10.0. The number of aromatic hydroxyl groups is 1. The highest BCUT2D eigenvalue weighted by Crippen LogP contribution is 2.48. The molecule has 1 heterocycles. The molecule has 0 aliphatic carbocycles. The number of carbonyl (C=O) groups is 1. The van der Waals surface area contributed by atoms with Crippen molar-refractivity contribution in [2.75, 3.05) is 0 Å². The fourth-order valence-electron chi connectivity index (χ4n) is 3.87. The Morgan fingerprint density at radius 1 is 1.09 bits per heavy atom. The molecule has 3 aromatic carbocycles. The second-order valence-corrected chi connectivity index (χ2v) is 9.33. The molecule has 1 amide bonds. The zero-order valence-electron chi connectivity index (χ0n) is 19.2. The van der Waals surface area contributed by atoms with E-state index in [0.29, 0.717) is 23.7 Å². The van der Waals surface area contributed by atoms with Gasteiger partial charge < -0.3 is 9.84 Å². The zero-order chi connectivity index (χ0) is 24.2. The van der Waals surface area contributed by atoms with Crippen molar-refractivity contribution in [1.82, 2.24) is 0 Å². The van der Waals surface area contributed by atoms with Crippen LogP contribution in [0.2, 0.25) is 0 Å². The largest absolute Gasteiger partial charge is 0.508 e. The van der Waals surface area contributed by atoms with Crippen molar-refractivity contribution in [3.63, 3.8) is 0 Å². The third-order valence-electron chi connectivity index (χ3n) is 5.63. The lowest BCUT2D eigenvalue weighted by molar-refractivity contribution is -0.114. The summed E-state index contributed by atoms with van der Waals surface area (Å²) in [6.07, 6.45) is 2.09. The van der Waals surface area contributed by atoms with Crippen LogP contribution in [-0.4, -0.2) is 11.0 Å². The van der Waals surface area contributed by atoms with Gasteiger partial charge in [-0.1, -0.05) is 57.2 Å². The van der Waals surface area contributed by atoms with Crippen molar-refractivity contribution >= 4 is 33.4 Å². The summed E-state index contributed by atoms with van der Waals surface area (Å²) < 4.78 is 7.36. The Bertz CT molecular complexity index is 1380. The van der Waals surface area contributed by atoms with Crippen LogP contribution in [0.5, 0.6) is 17.2 Å². The van der Waals surface area contributed by atoms with Gasteiger partial charge in [0.15, 0.2) is 5.75 Å².